The fourth-order valence-electron chi connectivity index (χ4n) is 2.82. The number of aliphatic carboxylic acids is 1. The van der Waals surface area contributed by atoms with Crippen molar-refractivity contribution in [3.8, 4) is 0 Å². The van der Waals surface area contributed by atoms with Crippen LogP contribution < -0.4 is 0 Å². The zero-order chi connectivity index (χ0) is 14.3. The number of carbonyl (C=O) groups is 1. The van der Waals surface area contributed by atoms with Gasteiger partial charge in [-0.05, 0) is 49.1 Å². The number of hydrogen-bond acceptors (Lipinski definition) is 3. The second-order valence-corrected chi connectivity index (χ2v) is 8.02. The molecule has 0 amide bonds. The highest BCUT2D eigenvalue weighted by molar-refractivity contribution is 7.92. The van der Waals surface area contributed by atoms with Crippen LogP contribution in [-0.4, -0.2) is 24.7 Å². The summed E-state index contributed by atoms with van der Waals surface area (Å²) >= 11 is 0. The average Bonchev–Trinajstić information content (AvgIpc) is 3.29. The molecule has 5 heteroatoms. The zero-order valence-electron chi connectivity index (χ0n) is 11.2. The van der Waals surface area contributed by atoms with Crippen molar-refractivity contribution < 1.29 is 18.3 Å². The molecule has 0 radical (unpaired) electrons. The quantitative estimate of drug-likeness (QED) is 0.875. The maximum atomic E-state index is 12.5. The number of carboxylic acids is 1. The summed E-state index contributed by atoms with van der Waals surface area (Å²) < 4.78 is 25.0. The predicted octanol–water partition coefficient (Wildman–Crippen LogP) is 2.59. The highest BCUT2D eigenvalue weighted by atomic mass is 32.2. The van der Waals surface area contributed by atoms with E-state index < -0.39 is 15.8 Å². The van der Waals surface area contributed by atoms with Crippen molar-refractivity contribution in [2.45, 2.75) is 48.2 Å². The van der Waals surface area contributed by atoms with E-state index in [0.29, 0.717) is 16.4 Å². The molecule has 2 aliphatic carbocycles. The Hall–Kier alpha value is -1.36. The number of benzene rings is 1. The maximum Gasteiger partial charge on any atom is 0.303 e. The van der Waals surface area contributed by atoms with Crippen molar-refractivity contribution in [3.05, 3.63) is 29.8 Å². The van der Waals surface area contributed by atoms with Gasteiger partial charge in [-0.3, -0.25) is 4.79 Å². The lowest BCUT2D eigenvalue weighted by atomic mass is 9.91. The minimum absolute atomic E-state index is 0.0157. The zero-order valence-corrected chi connectivity index (χ0v) is 12.0. The van der Waals surface area contributed by atoms with Crippen LogP contribution in [0.5, 0.6) is 0 Å². The average molecular weight is 294 g/mol. The van der Waals surface area contributed by atoms with E-state index >= 15 is 0 Å². The van der Waals surface area contributed by atoms with Gasteiger partial charge >= 0.3 is 5.97 Å². The van der Waals surface area contributed by atoms with E-state index in [0.717, 1.165) is 25.7 Å². The summed E-state index contributed by atoms with van der Waals surface area (Å²) in [6, 6.07) is 6.96. The molecule has 1 aromatic rings. The topological polar surface area (TPSA) is 71.4 Å². The van der Waals surface area contributed by atoms with Crippen LogP contribution in [0.25, 0.3) is 0 Å². The van der Waals surface area contributed by atoms with Gasteiger partial charge in [0, 0.05) is 0 Å². The molecule has 1 atom stereocenters. The van der Waals surface area contributed by atoms with Crippen molar-refractivity contribution in [1.82, 2.24) is 0 Å². The molecule has 2 aliphatic rings. The van der Waals surface area contributed by atoms with Crippen LogP contribution in [0.3, 0.4) is 0 Å². The van der Waals surface area contributed by atoms with Crippen LogP contribution in [0.4, 0.5) is 0 Å². The lowest BCUT2D eigenvalue weighted by Gasteiger charge is -2.18. The van der Waals surface area contributed by atoms with Gasteiger partial charge in [-0.1, -0.05) is 18.2 Å². The fourth-order valence-corrected chi connectivity index (χ4v) is 4.75. The minimum Gasteiger partial charge on any atom is -0.481 e. The molecule has 0 saturated heterocycles. The molecule has 108 valence electrons. The Morgan fingerprint density at radius 2 is 1.85 bits per heavy atom. The van der Waals surface area contributed by atoms with E-state index in [1.165, 1.54) is 0 Å². The van der Waals surface area contributed by atoms with E-state index in [-0.39, 0.29) is 17.6 Å². The van der Waals surface area contributed by atoms with E-state index in [4.69, 9.17) is 5.11 Å². The summed E-state index contributed by atoms with van der Waals surface area (Å²) in [7, 11) is -3.28. The minimum atomic E-state index is -3.28. The second kappa shape index (κ2) is 4.88. The Labute approximate surface area is 118 Å². The Balaban J connectivity index is 2.01. The molecule has 1 N–H and O–H groups in total. The molecule has 1 unspecified atom stereocenters. The third-order valence-electron chi connectivity index (χ3n) is 4.17. The van der Waals surface area contributed by atoms with Gasteiger partial charge in [0.1, 0.15) is 0 Å². The van der Waals surface area contributed by atoms with Crippen LogP contribution in [0.2, 0.25) is 0 Å². The number of hydrogen-bond donors (Lipinski definition) is 1. The number of carboxylic acid groups (broad SMARTS) is 1. The standard InChI is InChI=1S/C15H18O4S/c16-15(17)9-13(10-5-6-10)12-3-1-2-4-14(12)20(18,19)11-7-8-11/h1-4,10-11,13H,5-9H2,(H,16,17). The summed E-state index contributed by atoms with van der Waals surface area (Å²) in [6.45, 7) is 0. The van der Waals surface area contributed by atoms with Crippen LogP contribution in [-0.2, 0) is 14.6 Å². The monoisotopic (exact) mass is 294 g/mol. The smallest absolute Gasteiger partial charge is 0.303 e. The van der Waals surface area contributed by atoms with E-state index in [1.54, 1.807) is 24.3 Å². The molecule has 0 bridgehead atoms. The lowest BCUT2D eigenvalue weighted by molar-refractivity contribution is -0.137. The molecule has 4 nitrogen and oxygen atoms in total. The van der Waals surface area contributed by atoms with Gasteiger partial charge in [0.05, 0.1) is 16.6 Å². The molecule has 0 aliphatic heterocycles. The Kier molecular flexibility index (Phi) is 3.32. The van der Waals surface area contributed by atoms with Gasteiger partial charge in [0.2, 0.25) is 0 Å². The molecular formula is C15H18O4S. The fraction of sp³-hybridized carbons (Fsp3) is 0.533. The van der Waals surface area contributed by atoms with E-state index in [2.05, 4.69) is 0 Å². The van der Waals surface area contributed by atoms with Gasteiger partial charge in [0.15, 0.2) is 9.84 Å². The first kappa shape index (κ1) is 13.6. The number of rotatable bonds is 6. The van der Waals surface area contributed by atoms with Crippen molar-refractivity contribution in [3.63, 3.8) is 0 Å². The summed E-state index contributed by atoms with van der Waals surface area (Å²) in [5, 5.41) is 8.83. The SMILES string of the molecule is O=C(O)CC(c1ccccc1S(=O)(=O)C1CC1)C1CC1. The molecule has 1 aromatic carbocycles. The molecule has 3 rings (SSSR count). The Bertz CT molecular complexity index is 627. The van der Waals surface area contributed by atoms with Crippen LogP contribution in [0, 0.1) is 5.92 Å². The normalized spacial score (nSPS) is 20.6. The molecule has 2 fully saturated rings. The third kappa shape index (κ3) is 2.59. The van der Waals surface area contributed by atoms with E-state index in [9.17, 15) is 13.2 Å². The molecular weight excluding hydrogens is 276 g/mol. The molecule has 2 saturated carbocycles. The van der Waals surface area contributed by atoms with E-state index in [1.807, 2.05) is 0 Å². The van der Waals surface area contributed by atoms with Crippen molar-refractivity contribution in [2.24, 2.45) is 5.92 Å². The largest absolute Gasteiger partial charge is 0.481 e. The Morgan fingerprint density at radius 1 is 1.20 bits per heavy atom. The van der Waals surface area contributed by atoms with Crippen LogP contribution in [0.15, 0.2) is 29.2 Å². The molecule has 0 spiro atoms. The summed E-state index contributed by atoms with van der Waals surface area (Å²) in [6.07, 6.45) is 3.46. The van der Waals surface area contributed by atoms with Crippen molar-refractivity contribution in [1.29, 1.82) is 0 Å². The maximum absolute atomic E-state index is 12.5. The summed E-state index contributed by atoms with van der Waals surface area (Å²) in [4.78, 5) is 11.4. The third-order valence-corrected chi connectivity index (χ3v) is 6.51. The summed E-state index contributed by atoms with van der Waals surface area (Å²) in [5.41, 5.74) is 0.712. The van der Waals surface area contributed by atoms with Crippen LogP contribution in [0.1, 0.15) is 43.6 Å². The molecule has 0 heterocycles. The Morgan fingerprint density at radius 3 is 2.40 bits per heavy atom. The van der Waals surface area contributed by atoms with Crippen molar-refractivity contribution in [2.75, 3.05) is 0 Å². The van der Waals surface area contributed by atoms with Crippen LogP contribution >= 0.6 is 0 Å². The van der Waals surface area contributed by atoms with Gasteiger partial charge < -0.3 is 5.11 Å². The first-order chi connectivity index (χ1) is 9.50. The number of sulfone groups is 1. The lowest BCUT2D eigenvalue weighted by Crippen LogP contribution is -2.15. The van der Waals surface area contributed by atoms with Crippen molar-refractivity contribution >= 4 is 15.8 Å². The molecule has 0 aromatic heterocycles. The highest BCUT2D eigenvalue weighted by Crippen LogP contribution is 2.47. The first-order valence-corrected chi connectivity index (χ1v) is 8.59. The highest BCUT2D eigenvalue weighted by Gasteiger charge is 2.41. The molecule has 20 heavy (non-hydrogen) atoms. The van der Waals surface area contributed by atoms with Gasteiger partial charge in [0.25, 0.3) is 0 Å². The van der Waals surface area contributed by atoms with Gasteiger partial charge in [-0.2, -0.15) is 0 Å². The summed E-state index contributed by atoms with van der Waals surface area (Å²) in [5.74, 6) is -0.709. The van der Waals surface area contributed by atoms with Gasteiger partial charge in [-0.25, -0.2) is 8.42 Å². The predicted molar refractivity (Wildman–Crippen MR) is 74.4 cm³/mol. The first-order valence-electron chi connectivity index (χ1n) is 7.05. The second-order valence-electron chi connectivity index (χ2n) is 5.82. The van der Waals surface area contributed by atoms with Gasteiger partial charge in [-0.15, -0.1) is 0 Å².